The highest BCUT2D eigenvalue weighted by Crippen LogP contribution is 2.39. The third-order valence-electron chi connectivity index (χ3n) is 6.95. The summed E-state index contributed by atoms with van der Waals surface area (Å²) >= 11 is 0. The number of hydrogen-bond acceptors (Lipinski definition) is 4. The lowest BCUT2D eigenvalue weighted by Crippen LogP contribution is -2.30. The van der Waals surface area contributed by atoms with Crippen molar-refractivity contribution < 1.29 is 9.53 Å². The Morgan fingerprint density at radius 2 is 1.81 bits per heavy atom. The van der Waals surface area contributed by atoms with Crippen LogP contribution in [0.25, 0.3) is 16.7 Å². The highest BCUT2D eigenvalue weighted by molar-refractivity contribution is 6.10. The van der Waals surface area contributed by atoms with Gasteiger partial charge in [0.05, 0.1) is 29.3 Å². The second-order valence-corrected chi connectivity index (χ2v) is 9.73. The first-order valence-corrected chi connectivity index (χ1v) is 13.0. The van der Waals surface area contributed by atoms with E-state index in [-0.39, 0.29) is 11.9 Å². The number of nitrogens with zero attached hydrogens (tertiary/aromatic N) is 2. The molecule has 1 amide bonds. The molecule has 1 aromatic heterocycles. The highest BCUT2D eigenvalue weighted by atomic mass is 16.5. The fraction of sp³-hybridized carbons (Fsp3) is 0.290. The van der Waals surface area contributed by atoms with Crippen molar-refractivity contribution in [2.75, 3.05) is 17.2 Å². The van der Waals surface area contributed by atoms with Gasteiger partial charge in [0.1, 0.15) is 5.75 Å². The van der Waals surface area contributed by atoms with Gasteiger partial charge in [-0.25, -0.2) is 4.98 Å². The number of nitrogens with one attached hydrogen (secondary N) is 2. The standard InChI is InChI=1S/C31H34N4O2/c1-5-6-9-18-37-24-15-13-23(14-16-24)29-28(30(36)32-25-17-12-20(2)19-21(25)3)22(4)35-27-11-8-7-10-26(27)33-31(35)34-29/h7-8,10-17,19,29H,5-6,9,18H2,1-4H3,(H,32,36)(H,33,34). The van der Waals surface area contributed by atoms with Gasteiger partial charge in [-0.15, -0.1) is 0 Å². The van der Waals surface area contributed by atoms with Crippen molar-refractivity contribution in [2.45, 2.75) is 53.0 Å². The van der Waals surface area contributed by atoms with Crippen LogP contribution < -0.4 is 15.4 Å². The number of anilines is 2. The molecule has 2 heterocycles. The summed E-state index contributed by atoms with van der Waals surface area (Å²) in [6.07, 6.45) is 3.37. The number of benzene rings is 3. The lowest BCUT2D eigenvalue weighted by Gasteiger charge is -2.30. The highest BCUT2D eigenvalue weighted by Gasteiger charge is 2.33. The van der Waals surface area contributed by atoms with E-state index in [0.29, 0.717) is 12.2 Å². The molecule has 0 saturated heterocycles. The summed E-state index contributed by atoms with van der Waals surface area (Å²) in [5, 5.41) is 6.71. The largest absolute Gasteiger partial charge is 0.494 e. The molecule has 1 unspecified atom stereocenters. The third-order valence-corrected chi connectivity index (χ3v) is 6.95. The second-order valence-electron chi connectivity index (χ2n) is 9.73. The lowest BCUT2D eigenvalue weighted by molar-refractivity contribution is -0.113. The van der Waals surface area contributed by atoms with Crippen LogP contribution in [0.15, 0.2) is 72.3 Å². The number of carbonyl (C=O) groups is 1. The Labute approximate surface area is 218 Å². The molecule has 3 aromatic carbocycles. The number of allylic oxidation sites excluding steroid dienone is 1. The first-order valence-electron chi connectivity index (χ1n) is 13.0. The molecule has 0 fully saturated rings. The number of imidazole rings is 1. The van der Waals surface area contributed by atoms with Crippen molar-refractivity contribution in [3.05, 3.63) is 89.0 Å². The fourth-order valence-electron chi connectivity index (χ4n) is 4.98. The number of ether oxygens (including phenoxy) is 1. The van der Waals surface area contributed by atoms with Crippen molar-refractivity contribution in [1.29, 1.82) is 0 Å². The van der Waals surface area contributed by atoms with Crippen LogP contribution in [0, 0.1) is 13.8 Å². The van der Waals surface area contributed by atoms with Crippen molar-refractivity contribution in [3.63, 3.8) is 0 Å². The lowest BCUT2D eigenvalue weighted by atomic mass is 9.94. The van der Waals surface area contributed by atoms with E-state index < -0.39 is 0 Å². The van der Waals surface area contributed by atoms with Crippen molar-refractivity contribution in [3.8, 4) is 5.75 Å². The number of aryl methyl sites for hydroxylation is 2. The van der Waals surface area contributed by atoms with E-state index >= 15 is 0 Å². The van der Waals surface area contributed by atoms with E-state index in [2.05, 4.69) is 30.5 Å². The molecule has 5 rings (SSSR count). The minimum atomic E-state index is -0.357. The minimum absolute atomic E-state index is 0.134. The summed E-state index contributed by atoms with van der Waals surface area (Å²) in [6.45, 7) is 8.95. The summed E-state index contributed by atoms with van der Waals surface area (Å²) in [6, 6.07) is 21.7. The Kier molecular flexibility index (Phi) is 6.99. The number of para-hydroxylation sites is 2. The third kappa shape index (κ3) is 4.96. The van der Waals surface area contributed by atoms with Gasteiger partial charge in [0.2, 0.25) is 5.95 Å². The Bertz CT molecular complexity index is 1470. The zero-order valence-electron chi connectivity index (χ0n) is 22.0. The molecule has 1 atom stereocenters. The van der Waals surface area contributed by atoms with E-state index in [1.807, 2.05) is 79.1 Å². The van der Waals surface area contributed by atoms with Gasteiger partial charge in [0.15, 0.2) is 0 Å². The summed E-state index contributed by atoms with van der Waals surface area (Å²) in [5.74, 6) is 1.43. The Hall–Kier alpha value is -4.06. The fourth-order valence-corrected chi connectivity index (χ4v) is 4.98. The molecule has 6 nitrogen and oxygen atoms in total. The zero-order valence-corrected chi connectivity index (χ0v) is 22.0. The van der Waals surface area contributed by atoms with Crippen molar-refractivity contribution in [2.24, 2.45) is 0 Å². The molecular formula is C31H34N4O2. The van der Waals surface area contributed by atoms with E-state index in [9.17, 15) is 4.79 Å². The Balaban J connectivity index is 1.52. The van der Waals surface area contributed by atoms with Crippen LogP contribution in [0.5, 0.6) is 5.75 Å². The molecular weight excluding hydrogens is 460 g/mol. The molecule has 1 aliphatic heterocycles. The molecule has 1 aliphatic rings. The molecule has 6 heteroatoms. The quantitative estimate of drug-likeness (QED) is 0.253. The number of carbonyl (C=O) groups excluding carboxylic acids is 1. The van der Waals surface area contributed by atoms with Gasteiger partial charge < -0.3 is 15.4 Å². The van der Waals surface area contributed by atoms with Gasteiger partial charge >= 0.3 is 0 Å². The van der Waals surface area contributed by atoms with E-state index in [1.54, 1.807) is 0 Å². The van der Waals surface area contributed by atoms with Crippen molar-refractivity contribution >= 4 is 34.3 Å². The SMILES string of the molecule is CCCCCOc1ccc(C2Nc3nc4ccccc4n3C(C)=C2C(=O)Nc2ccc(C)cc2C)cc1. The number of rotatable bonds is 8. The predicted molar refractivity (Wildman–Crippen MR) is 151 cm³/mol. The normalized spacial score (nSPS) is 14.9. The molecule has 37 heavy (non-hydrogen) atoms. The number of fused-ring (bicyclic) bond motifs is 3. The average Bonchev–Trinajstić information content (AvgIpc) is 3.27. The van der Waals surface area contributed by atoms with E-state index in [0.717, 1.165) is 63.6 Å². The number of hydrogen-bond donors (Lipinski definition) is 2. The predicted octanol–water partition coefficient (Wildman–Crippen LogP) is 7.26. The van der Waals surface area contributed by atoms with Crippen LogP contribution in [-0.2, 0) is 4.79 Å². The van der Waals surface area contributed by atoms with Gasteiger partial charge in [0, 0.05) is 11.4 Å². The molecule has 2 N–H and O–H groups in total. The van der Waals surface area contributed by atoms with Crippen LogP contribution in [0.2, 0.25) is 0 Å². The summed E-state index contributed by atoms with van der Waals surface area (Å²) in [7, 11) is 0. The van der Waals surface area contributed by atoms with Gasteiger partial charge in [-0.05, 0) is 68.7 Å². The maximum atomic E-state index is 13.9. The molecule has 0 aliphatic carbocycles. The Morgan fingerprint density at radius 3 is 2.57 bits per heavy atom. The first-order chi connectivity index (χ1) is 18.0. The molecule has 0 bridgehead atoms. The van der Waals surface area contributed by atoms with Crippen LogP contribution in [-0.4, -0.2) is 22.1 Å². The molecule has 4 aromatic rings. The van der Waals surface area contributed by atoms with Crippen LogP contribution in [0.1, 0.15) is 55.8 Å². The maximum Gasteiger partial charge on any atom is 0.255 e. The molecule has 0 spiro atoms. The summed E-state index contributed by atoms with van der Waals surface area (Å²) < 4.78 is 7.95. The number of unbranched alkanes of at least 4 members (excludes halogenated alkanes) is 2. The van der Waals surface area contributed by atoms with Crippen LogP contribution in [0.4, 0.5) is 11.6 Å². The van der Waals surface area contributed by atoms with E-state index in [1.165, 1.54) is 6.42 Å². The summed E-state index contributed by atoms with van der Waals surface area (Å²) in [4.78, 5) is 18.7. The Morgan fingerprint density at radius 1 is 1.03 bits per heavy atom. The maximum absolute atomic E-state index is 13.9. The molecule has 0 radical (unpaired) electrons. The monoisotopic (exact) mass is 494 g/mol. The van der Waals surface area contributed by atoms with E-state index in [4.69, 9.17) is 9.72 Å². The van der Waals surface area contributed by atoms with Crippen LogP contribution >= 0.6 is 0 Å². The van der Waals surface area contributed by atoms with Gasteiger partial charge in [-0.3, -0.25) is 9.36 Å². The smallest absolute Gasteiger partial charge is 0.255 e. The molecule has 190 valence electrons. The average molecular weight is 495 g/mol. The topological polar surface area (TPSA) is 68.2 Å². The number of amides is 1. The van der Waals surface area contributed by atoms with Gasteiger partial charge in [-0.2, -0.15) is 0 Å². The van der Waals surface area contributed by atoms with Crippen molar-refractivity contribution in [1.82, 2.24) is 9.55 Å². The first kappa shape index (κ1) is 24.6. The van der Waals surface area contributed by atoms with Gasteiger partial charge in [0.25, 0.3) is 5.91 Å². The van der Waals surface area contributed by atoms with Crippen LogP contribution in [0.3, 0.4) is 0 Å². The number of aromatic nitrogens is 2. The zero-order chi connectivity index (χ0) is 25.9. The summed E-state index contributed by atoms with van der Waals surface area (Å²) in [5.41, 5.74) is 7.35. The van der Waals surface area contributed by atoms with Gasteiger partial charge in [-0.1, -0.05) is 61.7 Å². The minimum Gasteiger partial charge on any atom is -0.494 e. The second kappa shape index (κ2) is 10.5. The molecule has 0 saturated carbocycles.